The van der Waals surface area contributed by atoms with Crippen molar-refractivity contribution in [1.82, 2.24) is 10.2 Å². The van der Waals surface area contributed by atoms with E-state index in [4.69, 9.17) is 4.74 Å². The summed E-state index contributed by atoms with van der Waals surface area (Å²) in [5.41, 5.74) is 0.102. The number of benzene rings is 1. The predicted molar refractivity (Wildman–Crippen MR) is 82.2 cm³/mol. The third-order valence-electron chi connectivity index (χ3n) is 4.18. The molecule has 1 aliphatic rings. The van der Waals surface area contributed by atoms with Gasteiger partial charge in [0.15, 0.2) is 0 Å². The highest BCUT2D eigenvalue weighted by Crippen LogP contribution is 2.33. The highest BCUT2D eigenvalue weighted by atomic mass is 16.5. The Kier molecular flexibility index (Phi) is 4.31. The lowest BCUT2D eigenvalue weighted by molar-refractivity contribution is -0.147. The maximum atomic E-state index is 12.8. The minimum absolute atomic E-state index is 0.145. The quantitative estimate of drug-likeness (QED) is 0.804. The standard InChI is InChI=1S/C16H20N2O5/c1-5-11(13(19)20)18-14(21)16(3,17-15(18)22)10-6-7-12(23-4)9(2)8-10/h6-8,11H,5H2,1-4H3,(H,17,22)(H,19,20). The maximum Gasteiger partial charge on any atom is 0.326 e. The van der Waals surface area contributed by atoms with Crippen LogP contribution in [-0.2, 0) is 15.1 Å². The van der Waals surface area contributed by atoms with Crippen molar-refractivity contribution in [2.45, 2.75) is 38.8 Å². The van der Waals surface area contributed by atoms with Crippen molar-refractivity contribution >= 4 is 17.9 Å². The Morgan fingerprint density at radius 1 is 1.43 bits per heavy atom. The molecule has 1 aliphatic heterocycles. The molecule has 1 heterocycles. The van der Waals surface area contributed by atoms with Gasteiger partial charge in [0.2, 0.25) is 0 Å². The number of amides is 3. The first kappa shape index (κ1) is 16.8. The summed E-state index contributed by atoms with van der Waals surface area (Å²) >= 11 is 0. The van der Waals surface area contributed by atoms with Gasteiger partial charge in [0.25, 0.3) is 5.91 Å². The maximum absolute atomic E-state index is 12.8. The predicted octanol–water partition coefficient (Wildman–Crippen LogP) is 1.63. The summed E-state index contributed by atoms with van der Waals surface area (Å²) in [4.78, 5) is 37.0. The van der Waals surface area contributed by atoms with Crippen molar-refractivity contribution in [3.05, 3.63) is 29.3 Å². The number of aryl methyl sites for hydroxylation is 1. The van der Waals surface area contributed by atoms with Gasteiger partial charge >= 0.3 is 12.0 Å². The fourth-order valence-corrected chi connectivity index (χ4v) is 2.80. The molecule has 1 aromatic carbocycles. The van der Waals surface area contributed by atoms with Crippen molar-refractivity contribution in [3.63, 3.8) is 0 Å². The second-order valence-electron chi connectivity index (χ2n) is 5.68. The summed E-state index contributed by atoms with van der Waals surface area (Å²) in [6.45, 7) is 5.02. The van der Waals surface area contributed by atoms with Gasteiger partial charge in [-0.05, 0) is 43.5 Å². The van der Waals surface area contributed by atoms with E-state index >= 15 is 0 Å². The number of hydrogen-bond acceptors (Lipinski definition) is 4. The highest BCUT2D eigenvalue weighted by molar-refractivity contribution is 6.09. The van der Waals surface area contributed by atoms with Gasteiger partial charge in [-0.3, -0.25) is 4.79 Å². The van der Waals surface area contributed by atoms with Gasteiger partial charge in [0.1, 0.15) is 17.3 Å². The van der Waals surface area contributed by atoms with E-state index in [1.54, 1.807) is 39.2 Å². The number of carbonyl (C=O) groups is 3. The first-order valence-corrected chi connectivity index (χ1v) is 7.30. The van der Waals surface area contributed by atoms with E-state index in [2.05, 4.69) is 5.32 Å². The van der Waals surface area contributed by atoms with E-state index in [1.807, 2.05) is 6.92 Å². The van der Waals surface area contributed by atoms with E-state index in [0.29, 0.717) is 11.3 Å². The lowest BCUT2D eigenvalue weighted by atomic mass is 9.90. The van der Waals surface area contributed by atoms with E-state index in [9.17, 15) is 19.5 Å². The SMILES string of the molecule is CCC(C(=O)O)N1C(=O)NC(C)(c2ccc(OC)c(C)c2)C1=O. The molecule has 0 bridgehead atoms. The van der Waals surface area contributed by atoms with Gasteiger partial charge in [-0.15, -0.1) is 0 Å². The fourth-order valence-electron chi connectivity index (χ4n) is 2.80. The van der Waals surface area contributed by atoms with Crippen molar-refractivity contribution in [2.75, 3.05) is 7.11 Å². The van der Waals surface area contributed by atoms with E-state index in [-0.39, 0.29) is 6.42 Å². The molecule has 1 aromatic rings. The zero-order chi connectivity index (χ0) is 17.4. The molecule has 2 atom stereocenters. The Hall–Kier alpha value is -2.57. The molecular weight excluding hydrogens is 300 g/mol. The summed E-state index contributed by atoms with van der Waals surface area (Å²) in [6, 6.07) is 3.29. The molecule has 0 saturated carbocycles. The number of rotatable bonds is 5. The molecule has 2 N–H and O–H groups in total. The van der Waals surface area contributed by atoms with Crippen LogP contribution < -0.4 is 10.1 Å². The van der Waals surface area contributed by atoms with Crippen molar-refractivity contribution in [3.8, 4) is 5.75 Å². The minimum Gasteiger partial charge on any atom is -0.496 e. The van der Waals surface area contributed by atoms with Crippen LogP contribution in [0, 0.1) is 6.92 Å². The number of carboxylic acid groups (broad SMARTS) is 1. The van der Waals surface area contributed by atoms with Gasteiger partial charge in [-0.1, -0.05) is 13.0 Å². The molecule has 1 fully saturated rings. The molecule has 1 saturated heterocycles. The number of hydrogen-bond donors (Lipinski definition) is 2. The van der Waals surface area contributed by atoms with Gasteiger partial charge < -0.3 is 15.2 Å². The number of urea groups is 1. The molecule has 7 heteroatoms. The van der Waals surface area contributed by atoms with Crippen molar-refractivity contribution in [1.29, 1.82) is 0 Å². The van der Waals surface area contributed by atoms with Gasteiger partial charge in [-0.25, -0.2) is 14.5 Å². The molecule has 124 valence electrons. The molecule has 7 nitrogen and oxygen atoms in total. The molecule has 0 aliphatic carbocycles. The number of aliphatic carboxylic acids is 1. The molecule has 0 aromatic heterocycles. The van der Waals surface area contributed by atoms with Crippen LogP contribution >= 0.6 is 0 Å². The van der Waals surface area contributed by atoms with Crippen LogP contribution in [0.15, 0.2) is 18.2 Å². The number of imide groups is 1. The molecule has 0 radical (unpaired) electrons. The summed E-state index contributed by atoms with van der Waals surface area (Å²) in [5.74, 6) is -1.10. The second-order valence-corrected chi connectivity index (χ2v) is 5.68. The molecular formula is C16H20N2O5. The Bertz CT molecular complexity index is 672. The number of nitrogens with one attached hydrogen (secondary N) is 1. The van der Waals surface area contributed by atoms with Gasteiger partial charge in [-0.2, -0.15) is 0 Å². The van der Waals surface area contributed by atoms with Crippen LogP contribution in [0.4, 0.5) is 4.79 Å². The zero-order valence-corrected chi connectivity index (χ0v) is 13.5. The topological polar surface area (TPSA) is 95.9 Å². The number of carbonyl (C=O) groups excluding carboxylic acids is 2. The van der Waals surface area contributed by atoms with Crippen molar-refractivity contribution < 1.29 is 24.2 Å². The summed E-state index contributed by atoms with van der Waals surface area (Å²) in [6.07, 6.45) is 0.145. The Balaban J connectivity index is 2.44. The van der Waals surface area contributed by atoms with Crippen molar-refractivity contribution in [2.24, 2.45) is 0 Å². The Labute approximate surface area is 134 Å². The number of carboxylic acids is 1. The normalized spacial score (nSPS) is 22.0. The minimum atomic E-state index is -1.29. The van der Waals surface area contributed by atoms with Crippen LogP contribution in [0.25, 0.3) is 0 Å². The first-order chi connectivity index (χ1) is 10.8. The van der Waals surface area contributed by atoms with E-state index in [0.717, 1.165) is 10.5 Å². The van der Waals surface area contributed by atoms with Gasteiger partial charge in [0.05, 0.1) is 7.11 Å². The smallest absolute Gasteiger partial charge is 0.326 e. The first-order valence-electron chi connectivity index (χ1n) is 7.30. The summed E-state index contributed by atoms with van der Waals surface area (Å²) < 4.78 is 5.19. The molecule has 2 unspecified atom stereocenters. The largest absolute Gasteiger partial charge is 0.496 e. The number of ether oxygens (including phenoxy) is 1. The summed E-state index contributed by atoms with van der Waals surface area (Å²) in [5, 5.41) is 11.8. The second kappa shape index (κ2) is 5.91. The molecule has 2 rings (SSSR count). The van der Waals surface area contributed by atoms with Crippen LogP contribution in [-0.4, -0.2) is 41.1 Å². The molecule has 23 heavy (non-hydrogen) atoms. The average molecular weight is 320 g/mol. The Morgan fingerprint density at radius 3 is 2.57 bits per heavy atom. The monoisotopic (exact) mass is 320 g/mol. The van der Waals surface area contributed by atoms with Crippen LogP contribution in [0.5, 0.6) is 5.75 Å². The Morgan fingerprint density at radius 2 is 2.09 bits per heavy atom. The molecule has 0 spiro atoms. The van der Waals surface area contributed by atoms with Crippen LogP contribution in [0.3, 0.4) is 0 Å². The van der Waals surface area contributed by atoms with E-state index in [1.165, 1.54) is 0 Å². The number of nitrogens with zero attached hydrogens (tertiary/aromatic N) is 1. The number of methoxy groups -OCH3 is 1. The fraction of sp³-hybridized carbons (Fsp3) is 0.438. The lowest BCUT2D eigenvalue weighted by Crippen LogP contribution is -2.46. The van der Waals surface area contributed by atoms with Crippen LogP contribution in [0.1, 0.15) is 31.4 Å². The van der Waals surface area contributed by atoms with E-state index < -0.39 is 29.5 Å². The zero-order valence-electron chi connectivity index (χ0n) is 13.5. The molecule has 3 amide bonds. The van der Waals surface area contributed by atoms with Gasteiger partial charge in [0, 0.05) is 0 Å². The highest BCUT2D eigenvalue weighted by Gasteiger charge is 2.52. The average Bonchev–Trinajstić information content (AvgIpc) is 2.72. The summed E-state index contributed by atoms with van der Waals surface area (Å²) in [7, 11) is 1.55. The third kappa shape index (κ3) is 2.62. The van der Waals surface area contributed by atoms with Crippen LogP contribution in [0.2, 0.25) is 0 Å². The lowest BCUT2D eigenvalue weighted by Gasteiger charge is -2.25. The third-order valence-corrected chi connectivity index (χ3v) is 4.18.